The number of rotatable bonds is 10. The van der Waals surface area contributed by atoms with E-state index in [4.69, 9.17) is 10.8 Å². The van der Waals surface area contributed by atoms with Crippen LogP contribution < -0.4 is 16.1 Å². The van der Waals surface area contributed by atoms with Gasteiger partial charge in [0.2, 0.25) is 0 Å². The minimum atomic E-state index is -0.961. The number of hydrogen-bond acceptors (Lipinski definition) is 6. The number of nitrogens with one attached hydrogen (secondary N) is 1. The smallest absolute Gasteiger partial charge is 0.335 e. The molecule has 3 aromatic carbocycles. The van der Waals surface area contributed by atoms with Crippen molar-refractivity contribution in [3.8, 4) is 0 Å². The van der Waals surface area contributed by atoms with Crippen molar-refractivity contribution in [3.63, 3.8) is 0 Å². The van der Waals surface area contributed by atoms with Crippen molar-refractivity contribution in [2.45, 2.75) is 31.1 Å². The van der Waals surface area contributed by atoms with E-state index in [1.54, 1.807) is 40.9 Å². The number of aryl methyl sites for hydroxylation is 1. The number of carbonyl (C=O) groups is 3. The summed E-state index contributed by atoms with van der Waals surface area (Å²) in [7, 11) is 0. The first kappa shape index (κ1) is 26.9. The van der Waals surface area contributed by atoms with Gasteiger partial charge in [-0.15, -0.1) is 11.8 Å². The Morgan fingerprint density at radius 1 is 1.13 bits per heavy atom. The van der Waals surface area contributed by atoms with Crippen molar-refractivity contribution in [2.75, 3.05) is 22.9 Å². The molecule has 0 bridgehead atoms. The SMILES string of the molecule is CCCCN1C(=O)C(=NNC(=O)c2c(N)cccc2F)c2cc(SCCc3ccc(C(=O)O)cc3)ccc21. The van der Waals surface area contributed by atoms with E-state index in [1.807, 2.05) is 25.1 Å². The lowest BCUT2D eigenvalue weighted by Crippen LogP contribution is -2.32. The van der Waals surface area contributed by atoms with Crippen molar-refractivity contribution < 1.29 is 23.9 Å². The van der Waals surface area contributed by atoms with E-state index in [0.29, 0.717) is 17.8 Å². The molecule has 1 aliphatic rings. The molecule has 0 aromatic heterocycles. The average Bonchev–Trinajstić information content (AvgIpc) is 3.16. The number of carboxylic acid groups (broad SMARTS) is 1. The number of thioether (sulfide) groups is 1. The van der Waals surface area contributed by atoms with Gasteiger partial charge in [-0.05, 0) is 60.9 Å². The molecule has 0 fully saturated rings. The lowest BCUT2D eigenvalue weighted by molar-refractivity contribution is -0.112. The number of benzene rings is 3. The van der Waals surface area contributed by atoms with Gasteiger partial charge in [-0.3, -0.25) is 9.59 Å². The maximum Gasteiger partial charge on any atom is 0.335 e. The zero-order chi connectivity index (χ0) is 27.2. The number of hydrogen-bond donors (Lipinski definition) is 3. The average molecular weight is 535 g/mol. The summed E-state index contributed by atoms with van der Waals surface area (Å²) in [6, 6.07) is 16.4. The summed E-state index contributed by atoms with van der Waals surface area (Å²) in [4.78, 5) is 39.4. The number of nitrogen functional groups attached to an aromatic ring is 1. The molecule has 0 saturated carbocycles. The van der Waals surface area contributed by atoms with Crippen molar-refractivity contribution in [1.82, 2.24) is 5.43 Å². The van der Waals surface area contributed by atoms with Gasteiger partial charge in [-0.25, -0.2) is 14.6 Å². The number of anilines is 2. The Labute approximate surface area is 223 Å². The quantitative estimate of drug-likeness (QED) is 0.196. The number of amides is 2. The first-order chi connectivity index (χ1) is 18.3. The largest absolute Gasteiger partial charge is 0.478 e. The fourth-order valence-corrected chi connectivity index (χ4v) is 5.01. The van der Waals surface area contributed by atoms with Gasteiger partial charge < -0.3 is 15.7 Å². The summed E-state index contributed by atoms with van der Waals surface area (Å²) in [5, 5.41) is 13.1. The number of nitrogens with zero attached hydrogens (tertiary/aromatic N) is 2. The molecular formula is C28H27FN4O4S. The van der Waals surface area contributed by atoms with E-state index in [9.17, 15) is 18.8 Å². The number of halogens is 1. The maximum absolute atomic E-state index is 14.2. The van der Waals surface area contributed by atoms with E-state index < -0.39 is 17.7 Å². The Bertz CT molecular complexity index is 1390. The van der Waals surface area contributed by atoms with Gasteiger partial charge in [-0.1, -0.05) is 31.5 Å². The summed E-state index contributed by atoms with van der Waals surface area (Å²) >= 11 is 1.58. The van der Waals surface area contributed by atoms with Gasteiger partial charge in [-0.2, -0.15) is 5.10 Å². The highest BCUT2D eigenvalue weighted by Crippen LogP contribution is 2.33. The van der Waals surface area contributed by atoms with Gasteiger partial charge in [0.15, 0.2) is 5.71 Å². The van der Waals surface area contributed by atoms with Gasteiger partial charge in [0, 0.05) is 28.4 Å². The predicted molar refractivity (Wildman–Crippen MR) is 146 cm³/mol. The van der Waals surface area contributed by atoms with Crippen LogP contribution in [0.2, 0.25) is 0 Å². The monoisotopic (exact) mass is 534 g/mol. The first-order valence-corrected chi connectivity index (χ1v) is 13.1. The fourth-order valence-electron chi connectivity index (χ4n) is 4.07. The third-order valence-corrected chi connectivity index (χ3v) is 7.09. The molecule has 0 atom stereocenters. The van der Waals surface area contributed by atoms with Crippen molar-refractivity contribution in [3.05, 3.63) is 88.7 Å². The van der Waals surface area contributed by atoms with Crippen LogP contribution >= 0.6 is 11.8 Å². The van der Waals surface area contributed by atoms with Crippen LogP contribution in [0.4, 0.5) is 15.8 Å². The summed E-state index contributed by atoms with van der Waals surface area (Å²) < 4.78 is 14.2. The van der Waals surface area contributed by atoms with Crippen LogP contribution in [-0.4, -0.2) is 40.9 Å². The Morgan fingerprint density at radius 3 is 2.58 bits per heavy atom. The summed E-state index contributed by atoms with van der Waals surface area (Å²) in [5.41, 5.74) is 10.3. The molecule has 0 unspecified atom stereocenters. The molecule has 3 aromatic rings. The zero-order valence-electron chi connectivity index (χ0n) is 20.7. The van der Waals surface area contributed by atoms with Crippen LogP contribution in [0.25, 0.3) is 0 Å². The predicted octanol–water partition coefficient (Wildman–Crippen LogP) is 4.72. The Balaban J connectivity index is 1.53. The second-order valence-corrected chi connectivity index (χ2v) is 9.86. The number of nitrogens with two attached hydrogens (primary N) is 1. The van der Waals surface area contributed by atoms with Crippen LogP contribution in [0, 0.1) is 5.82 Å². The molecule has 10 heteroatoms. The first-order valence-electron chi connectivity index (χ1n) is 12.1. The Kier molecular flexibility index (Phi) is 8.42. The number of carboxylic acids is 1. The zero-order valence-corrected chi connectivity index (χ0v) is 21.6. The lowest BCUT2D eigenvalue weighted by Gasteiger charge is -2.16. The summed E-state index contributed by atoms with van der Waals surface area (Å²) in [6.07, 6.45) is 2.42. The molecule has 2 amide bonds. The highest BCUT2D eigenvalue weighted by atomic mass is 32.2. The highest BCUT2D eigenvalue weighted by molar-refractivity contribution is 7.99. The van der Waals surface area contributed by atoms with E-state index in [1.165, 1.54) is 12.1 Å². The molecule has 8 nitrogen and oxygen atoms in total. The molecule has 1 heterocycles. The minimum Gasteiger partial charge on any atom is -0.478 e. The molecule has 0 spiro atoms. The van der Waals surface area contributed by atoms with Crippen molar-refractivity contribution in [1.29, 1.82) is 0 Å². The van der Waals surface area contributed by atoms with Crippen LogP contribution in [-0.2, 0) is 11.2 Å². The topological polar surface area (TPSA) is 125 Å². The van der Waals surface area contributed by atoms with Crippen molar-refractivity contribution >= 4 is 46.6 Å². The number of aromatic carboxylic acids is 1. The fraction of sp³-hybridized carbons (Fsp3) is 0.214. The van der Waals surface area contributed by atoms with Crippen LogP contribution in [0.3, 0.4) is 0 Å². The van der Waals surface area contributed by atoms with E-state index in [2.05, 4.69) is 10.5 Å². The summed E-state index contributed by atoms with van der Waals surface area (Å²) in [6.45, 7) is 2.54. The van der Waals surface area contributed by atoms with Gasteiger partial charge in [0.25, 0.3) is 11.8 Å². The molecule has 1 aliphatic heterocycles. The third-order valence-electron chi connectivity index (χ3n) is 6.10. The molecule has 196 valence electrons. The lowest BCUT2D eigenvalue weighted by atomic mass is 10.1. The molecule has 4 rings (SSSR count). The molecule has 0 aliphatic carbocycles. The van der Waals surface area contributed by atoms with Crippen LogP contribution in [0.5, 0.6) is 0 Å². The molecule has 0 radical (unpaired) electrons. The number of hydrazone groups is 1. The van der Waals surface area contributed by atoms with Crippen molar-refractivity contribution in [2.24, 2.45) is 5.10 Å². The van der Waals surface area contributed by atoms with E-state index in [-0.39, 0.29) is 28.4 Å². The van der Waals surface area contributed by atoms with E-state index >= 15 is 0 Å². The van der Waals surface area contributed by atoms with Crippen LogP contribution in [0.1, 0.15) is 51.6 Å². The maximum atomic E-state index is 14.2. The third kappa shape index (κ3) is 5.86. The molecular weight excluding hydrogens is 507 g/mol. The van der Waals surface area contributed by atoms with Gasteiger partial charge in [0.1, 0.15) is 5.82 Å². The second kappa shape index (κ2) is 11.9. The number of unbranched alkanes of at least 4 members (excludes halogenated alkanes) is 1. The molecule has 4 N–H and O–H groups in total. The van der Waals surface area contributed by atoms with Gasteiger partial charge >= 0.3 is 5.97 Å². The molecule has 0 saturated heterocycles. The standard InChI is InChI=1S/C28H27FN4O4S/c1-2-3-14-33-23-12-11-19(38-15-13-17-7-9-18(10-8-17)28(36)37)16-20(23)25(27(33)35)31-32-26(34)24-21(29)5-4-6-22(24)30/h4-12,16H,2-3,13-15,30H2,1H3,(H,32,34)(H,36,37). The second-order valence-electron chi connectivity index (χ2n) is 8.70. The normalized spacial score (nSPS) is 13.6. The van der Waals surface area contributed by atoms with E-state index in [0.717, 1.165) is 41.5 Å². The Morgan fingerprint density at radius 2 is 1.89 bits per heavy atom. The van der Waals surface area contributed by atoms with Gasteiger partial charge in [0.05, 0.1) is 16.8 Å². The number of fused-ring (bicyclic) bond motifs is 1. The highest BCUT2D eigenvalue weighted by Gasteiger charge is 2.34. The number of carbonyl (C=O) groups excluding carboxylic acids is 2. The summed E-state index contributed by atoms with van der Waals surface area (Å²) in [5.74, 6) is -2.18. The Hall–Kier alpha value is -4.18. The minimum absolute atomic E-state index is 0.0262. The molecule has 38 heavy (non-hydrogen) atoms. The van der Waals surface area contributed by atoms with Crippen LogP contribution in [0.15, 0.2) is 70.7 Å².